The molecule has 4 nitrogen and oxygen atoms in total. The maximum atomic E-state index is 6.28. The van der Waals surface area contributed by atoms with E-state index in [1.54, 1.807) is 12.5 Å². The summed E-state index contributed by atoms with van der Waals surface area (Å²) in [5.74, 6) is 1.40. The van der Waals surface area contributed by atoms with Crippen molar-refractivity contribution < 1.29 is 13.9 Å². The average molecular weight is 279 g/mol. The standard InChI is InChI=1S/C16H25NO3/c1-18-13-6-8-15(9-7-13)20-14-4-2-12(3-5-14)16-17-10-11-19-16/h10-15H,2-9H2,1H3. The van der Waals surface area contributed by atoms with Gasteiger partial charge in [-0.05, 0) is 51.4 Å². The van der Waals surface area contributed by atoms with Crippen LogP contribution in [0.15, 0.2) is 16.9 Å². The summed E-state index contributed by atoms with van der Waals surface area (Å²) in [7, 11) is 1.82. The van der Waals surface area contributed by atoms with Crippen LogP contribution in [0.4, 0.5) is 0 Å². The number of methoxy groups -OCH3 is 1. The quantitative estimate of drug-likeness (QED) is 0.843. The third-order valence-corrected chi connectivity index (χ3v) is 4.81. The maximum absolute atomic E-state index is 6.28. The Bertz CT molecular complexity index is 376. The molecular weight excluding hydrogens is 254 g/mol. The molecule has 0 N–H and O–H groups in total. The van der Waals surface area contributed by atoms with E-state index in [0.29, 0.717) is 24.2 Å². The molecule has 0 radical (unpaired) electrons. The minimum absolute atomic E-state index is 0.435. The first kappa shape index (κ1) is 14.1. The fourth-order valence-electron chi connectivity index (χ4n) is 3.56. The molecule has 0 bridgehead atoms. The van der Waals surface area contributed by atoms with E-state index in [4.69, 9.17) is 13.9 Å². The normalized spacial score (nSPS) is 35.0. The Labute approximate surface area is 120 Å². The predicted octanol–water partition coefficient (Wildman–Crippen LogP) is 3.68. The van der Waals surface area contributed by atoms with E-state index in [0.717, 1.165) is 57.3 Å². The highest BCUT2D eigenvalue weighted by atomic mass is 16.5. The van der Waals surface area contributed by atoms with E-state index < -0.39 is 0 Å². The lowest BCUT2D eigenvalue weighted by atomic mass is 9.87. The highest BCUT2D eigenvalue weighted by molar-refractivity contribution is 4.94. The van der Waals surface area contributed by atoms with E-state index >= 15 is 0 Å². The molecule has 2 aliphatic rings. The highest BCUT2D eigenvalue weighted by Crippen LogP contribution is 2.35. The van der Waals surface area contributed by atoms with Gasteiger partial charge in [0, 0.05) is 13.0 Å². The van der Waals surface area contributed by atoms with Gasteiger partial charge in [0.15, 0.2) is 5.89 Å². The van der Waals surface area contributed by atoms with Crippen molar-refractivity contribution >= 4 is 0 Å². The smallest absolute Gasteiger partial charge is 0.197 e. The number of ether oxygens (including phenoxy) is 2. The van der Waals surface area contributed by atoms with Gasteiger partial charge in [-0.2, -0.15) is 0 Å². The zero-order valence-electron chi connectivity index (χ0n) is 12.3. The fraction of sp³-hybridized carbons (Fsp3) is 0.812. The second-order valence-corrected chi connectivity index (χ2v) is 6.11. The number of hydrogen-bond acceptors (Lipinski definition) is 4. The summed E-state index contributed by atoms with van der Waals surface area (Å²) in [6, 6.07) is 0. The predicted molar refractivity (Wildman–Crippen MR) is 75.6 cm³/mol. The third kappa shape index (κ3) is 3.41. The van der Waals surface area contributed by atoms with Gasteiger partial charge in [0.25, 0.3) is 0 Å². The second-order valence-electron chi connectivity index (χ2n) is 6.11. The first-order valence-corrected chi connectivity index (χ1v) is 7.92. The molecule has 4 heteroatoms. The molecule has 0 aromatic carbocycles. The van der Waals surface area contributed by atoms with E-state index in [1.807, 2.05) is 7.11 Å². The van der Waals surface area contributed by atoms with Crippen LogP contribution in [-0.2, 0) is 9.47 Å². The number of nitrogens with zero attached hydrogens (tertiary/aromatic N) is 1. The molecule has 1 aromatic heterocycles. The summed E-state index contributed by atoms with van der Waals surface area (Å²) in [5.41, 5.74) is 0. The van der Waals surface area contributed by atoms with Gasteiger partial charge in [0.2, 0.25) is 0 Å². The minimum atomic E-state index is 0.435. The number of hydrogen-bond donors (Lipinski definition) is 0. The number of aromatic nitrogens is 1. The van der Waals surface area contributed by atoms with Gasteiger partial charge in [0.05, 0.1) is 24.5 Å². The van der Waals surface area contributed by atoms with Gasteiger partial charge >= 0.3 is 0 Å². The summed E-state index contributed by atoms with van der Waals surface area (Å²) >= 11 is 0. The van der Waals surface area contributed by atoms with Gasteiger partial charge in [-0.1, -0.05) is 0 Å². The van der Waals surface area contributed by atoms with Crippen LogP contribution >= 0.6 is 0 Å². The van der Waals surface area contributed by atoms with Crippen LogP contribution in [0.25, 0.3) is 0 Å². The van der Waals surface area contributed by atoms with Crippen LogP contribution in [0, 0.1) is 0 Å². The summed E-state index contributed by atoms with van der Waals surface area (Å²) in [6.07, 6.45) is 13.9. The van der Waals surface area contributed by atoms with Crippen LogP contribution in [0.5, 0.6) is 0 Å². The van der Waals surface area contributed by atoms with E-state index in [9.17, 15) is 0 Å². The topological polar surface area (TPSA) is 44.5 Å². The fourth-order valence-corrected chi connectivity index (χ4v) is 3.56. The molecule has 2 aliphatic carbocycles. The van der Waals surface area contributed by atoms with Crippen LogP contribution in [0.1, 0.15) is 63.2 Å². The second kappa shape index (κ2) is 6.72. The van der Waals surface area contributed by atoms with Gasteiger partial charge in [-0.3, -0.25) is 0 Å². The molecular formula is C16H25NO3. The Kier molecular flexibility index (Phi) is 4.73. The molecule has 2 saturated carbocycles. The lowest BCUT2D eigenvalue weighted by Gasteiger charge is -2.33. The zero-order valence-corrected chi connectivity index (χ0v) is 12.3. The summed E-state index contributed by atoms with van der Waals surface area (Å²) < 4.78 is 17.1. The van der Waals surface area contributed by atoms with Crippen LogP contribution < -0.4 is 0 Å². The van der Waals surface area contributed by atoms with Crippen LogP contribution in [0.2, 0.25) is 0 Å². The molecule has 0 unspecified atom stereocenters. The van der Waals surface area contributed by atoms with Gasteiger partial charge in [0.1, 0.15) is 6.26 Å². The van der Waals surface area contributed by atoms with Crippen molar-refractivity contribution in [2.75, 3.05) is 7.11 Å². The molecule has 0 atom stereocenters. The Morgan fingerprint density at radius 2 is 1.55 bits per heavy atom. The molecule has 0 spiro atoms. The highest BCUT2D eigenvalue weighted by Gasteiger charge is 2.29. The Balaban J connectivity index is 1.41. The first-order chi connectivity index (χ1) is 9.85. The lowest BCUT2D eigenvalue weighted by molar-refractivity contribution is -0.0674. The van der Waals surface area contributed by atoms with E-state index in [1.165, 1.54) is 0 Å². The van der Waals surface area contributed by atoms with Crippen molar-refractivity contribution in [1.29, 1.82) is 0 Å². The molecule has 1 heterocycles. The monoisotopic (exact) mass is 279 g/mol. The van der Waals surface area contributed by atoms with E-state index in [-0.39, 0.29) is 0 Å². The SMILES string of the molecule is COC1CCC(OC2CCC(c3ncco3)CC2)CC1. The van der Waals surface area contributed by atoms with Gasteiger partial charge < -0.3 is 13.9 Å². The van der Waals surface area contributed by atoms with Crippen LogP contribution in [-0.4, -0.2) is 30.4 Å². The average Bonchev–Trinajstić information content (AvgIpc) is 3.03. The van der Waals surface area contributed by atoms with E-state index in [2.05, 4.69) is 4.98 Å². The molecule has 3 rings (SSSR count). The van der Waals surface area contributed by atoms with Crippen molar-refractivity contribution in [1.82, 2.24) is 4.98 Å². The molecule has 1 aromatic rings. The van der Waals surface area contributed by atoms with Crippen molar-refractivity contribution in [2.24, 2.45) is 0 Å². The Morgan fingerprint density at radius 3 is 2.10 bits per heavy atom. The van der Waals surface area contributed by atoms with Crippen LogP contribution in [0.3, 0.4) is 0 Å². The first-order valence-electron chi connectivity index (χ1n) is 7.92. The summed E-state index contributed by atoms with van der Waals surface area (Å²) in [5, 5.41) is 0. The molecule has 0 amide bonds. The molecule has 112 valence electrons. The molecule has 20 heavy (non-hydrogen) atoms. The number of rotatable bonds is 4. The van der Waals surface area contributed by atoms with Gasteiger partial charge in [-0.15, -0.1) is 0 Å². The van der Waals surface area contributed by atoms with Crippen molar-refractivity contribution in [3.63, 3.8) is 0 Å². The van der Waals surface area contributed by atoms with Crippen molar-refractivity contribution in [3.8, 4) is 0 Å². The maximum Gasteiger partial charge on any atom is 0.197 e. The summed E-state index contributed by atoms with van der Waals surface area (Å²) in [6.45, 7) is 0. The molecule has 2 fully saturated rings. The Hall–Kier alpha value is -0.870. The molecule has 0 aliphatic heterocycles. The Morgan fingerprint density at radius 1 is 0.950 bits per heavy atom. The lowest BCUT2D eigenvalue weighted by Crippen LogP contribution is -2.31. The molecule has 0 saturated heterocycles. The largest absolute Gasteiger partial charge is 0.449 e. The summed E-state index contributed by atoms with van der Waals surface area (Å²) in [4.78, 5) is 4.28. The van der Waals surface area contributed by atoms with Crippen molar-refractivity contribution in [2.45, 2.75) is 75.6 Å². The zero-order chi connectivity index (χ0) is 13.8. The minimum Gasteiger partial charge on any atom is -0.449 e. The van der Waals surface area contributed by atoms with Gasteiger partial charge in [-0.25, -0.2) is 4.98 Å². The number of oxazole rings is 1. The third-order valence-electron chi connectivity index (χ3n) is 4.81. The van der Waals surface area contributed by atoms with Crippen molar-refractivity contribution in [3.05, 3.63) is 18.4 Å².